The Hall–Kier alpha value is -0.370. The molecule has 1 unspecified atom stereocenters. The minimum Gasteiger partial charge on any atom is -0.396 e. The Kier molecular flexibility index (Phi) is 7.57. The van der Waals surface area contributed by atoms with Gasteiger partial charge in [-0.05, 0) is 19.4 Å². The van der Waals surface area contributed by atoms with E-state index in [2.05, 4.69) is 22.4 Å². The molecule has 0 radical (unpaired) electrons. The monoisotopic (exact) mass is 290 g/mol. The minimum atomic E-state index is 0.223. The van der Waals surface area contributed by atoms with Gasteiger partial charge in [0.2, 0.25) is 5.13 Å². The van der Waals surface area contributed by atoms with Crippen LogP contribution in [0.2, 0.25) is 0 Å². The Morgan fingerprint density at radius 3 is 2.78 bits per heavy atom. The average Bonchev–Trinajstić information content (AvgIpc) is 2.81. The standard InChI is InChI=1S/C11H22N4OS2/c1-4-6-12-9(5-7-16)8-17-11-14-13-10(18-11)15(2)3/h9,12,16H,4-8H2,1-3H3. The highest BCUT2D eigenvalue weighted by atomic mass is 32.2. The fourth-order valence-electron chi connectivity index (χ4n) is 1.36. The molecule has 0 fully saturated rings. The van der Waals surface area contributed by atoms with Crippen LogP contribution in [0.4, 0.5) is 5.13 Å². The summed E-state index contributed by atoms with van der Waals surface area (Å²) in [5.41, 5.74) is 0. The number of anilines is 1. The molecule has 18 heavy (non-hydrogen) atoms. The van der Waals surface area contributed by atoms with E-state index in [0.717, 1.165) is 34.6 Å². The highest BCUT2D eigenvalue weighted by Gasteiger charge is 2.11. The summed E-state index contributed by atoms with van der Waals surface area (Å²) < 4.78 is 0.986. The molecular weight excluding hydrogens is 268 g/mol. The minimum absolute atomic E-state index is 0.223. The number of thioether (sulfide) groups is 1. The van der Waals surface area contributed by atoms with Crippen LogP contribution in [0.3, 0.4) is 0 Å². The molecule has 0 aliphatic heterocycles. The highest BCUT2D eigenvalue weighted by Crippen LogP contribution is 2.27. The first kappa shape index (κ1) is 15.7. The van der Waals surface area contributed by atoms with E-state index in [4.69, 9.17) is 5.11 Å². The Balaban J connectivity index is 2.39. The van der Waals surface area contributed by atoms with Crippen molar-refractivity contribution >= 4 is 28.2 Å². The van der Waals surface area contributed by atoms with Crippen molar-refractivity contribution in [2.24, 2.45) is 0 Å². The summed E-state index contributed by atoms with van der Waals surface area (Å²) in [7, 11) is 3.93. The lowest BCUT2D eigenvalue weighted by Crippen LogP contribution is -2.32. The van der Waals surface area contributed by atoms with E-state index in [1.54, 1.807) is 23.1 Å². The molecule has 0 spiro atoms. The summed E-state index contributed by atoms with van der Waals surface area (Å²) in [6.07, 6.45) is 1.89. The third-order valence-electron chi connectivity index (χ3n) is 2.35. The second kappa shape index (κ2) is 8.68. The summed E-state index contributed by atoms with van der Waals surface area (Å²) in [5, 5.41) is 21.6. The fraction of sp³-hybridized carbons (Fsp3) is 0.818. The molecule has 2 N–H and O–H groups in total. The van der Waals surface area contributed by atoms with Crippen LogP contribution in [0.25, 0.3) is 0 Å². The first-order valence-electron chi connectivity index (χ1n) is 6.15. The van der Waals surface area contributed by atoms with Crippen molar-refractivity contribution in [1.29, 1.82) is 0 Å². The van der Waals surface area contributed by atoms with Crippen LogP contribution in [-0.4, -0.2) is 54.3 Å². The molecule has 0 aliphatic rings. The first-order chi connectivity index (χ1) is 8.67. The van der Waals surface area contributed by atoms with Crippen LogP contribution >= 0.6 is 23.1 Å². The lowest BCUT2D eigenvalue weighted by atomic mass is 10.2. The van der Waals surface area contributed by atoms with Crippen molar-refractivity contribution < 1.29 is 5.11 Å². The maximum absolute atomic E-state index is 9.03. The van der Waals surface area contributed by atoms with Gasteiger partial charge in [0.1, 0.15) is 0 Å². The van der Waals surface area contributed by atoms with Crippen molar-refractivity contribution in [3.63, 3.8) is 0 Å². The second-order valence-electron chi connectivity index (χ2n) is 4.22. The van der Waals surface area contributed by atoms with Crippen LogP contribution < -0.4 is 10.2 Å². The number of aliphatic hydroxyl groups is 1. The van der Waals surface area contributed by atoms with E-state index < -0.39 is 0 Å². The highest BCUT2D eigenvalue weighted by molar-refractivity contribution is 8.01. The molecule has 1 heterocycles. The molecule has 1 aromatic rings. The lowest BCUT2D eigenvalue weighted by Gasteiger charge is -2.15. The predicted molar refractivity (Wildman–Crippen MR) is 78.7 cm³/mol. The molecular formula is C11H22N4OS2. The second-order valence-corrected chi connectivity index (χ2v) is 6.44. The van der Waals surface area contributed by atoms with Crippen LogP contribution in [0.15, 0.2) is 4.34 Å². The van der Waals surface area contributed by atoms with Crippen LogP contribution in [-0.2, 0) is 0 Å². The molecule has 5 nitrogen and oxygen atoms in total. The van der Waals surface area contributed by atoms with E-state index >= 15 is 0 Å². The van der Waals surface area contributed by atoms with Crippen LogP contribution in [0.5, 0.6) is 0 Å². The number of rotatable bonds is 9. The Bertz CT molecular complexity index is 333. The van der Waals surface area contributed by atoms with Gasteiger partial charge in [0, 0.05) is 32.5 Å². The molecule has 0 bridgehead atoms. The summed E-state index contributed by atoms with van der Waals surface area (Å²) in [6.45, 7) is 3.36. The topological polar surface area (TPSA) is 61.3 Å². The maximum Gasteiger partial charge on any atom is 0.208 e. The molecule has 1 atom stereocenters. The van der Waals surface area contributed by atoms with E-state index in [1.165, 1.54) is 0 Å². The predicted octanol–water partition coefficient (Wildman–Crippen LogP) is 1.45. The number of nitrogens with one attached hydrogen (secondary N) is 1. The Morgan fingerprint density at radius 2 is 2.22 bits per heavy atom. The van der Waals surface area contributed by atoms with Crippen molar-refractivity contribution in [2.45, 2.75) is 30.1 Å². The van der Waals surface area contributed by atoms with Gasteiger partial charge in [-0.15, -0.1) is 10.2 Å². The molecule has 7 heteroatoms. The summed E-state index contributed by atoms with van der Waals surface area (Å²) in [5.74, 6) is 0.919. The SMILES string of the molecule is CCCNC(CCO)CSc1nnc(N(C)C)s1. The summed E-state index contributed by atoms with van der Waals surface area (Å²) in [4.78, 5) is 1.96. The normalized spacial score (nSPS) is 12.7. The average molecular weight is 290 g/mol. The Morgan fingerprint density at radius 1 is 1.44 bits per heavy atom. The molecule has 1 rings (SSSR count). The van der Waals surface area contributed by atoms with Gasteiger partial charge in [0.05, 0.1) is 0 Å². The van der Waals surface area contributed by atoms with Crippen LogP contribution in [0.1, 0.15) is 19.8 Å². The lowest BCUT2D eigenvalue weighted by molar-refractivity contribution is 0.270. The van der Waals surface area contributed by atoms with Crippen molar-refractivity contribution in [1.82, 2.24) is 15.5 Å². The number of aromatic nitrogens is 2. The zero-order chi connectivity index (χ0) is 13.4. The van der Waals surface area contributed by atoms with Gasteiger partial charge in [-0.3, -0.25) is 0 Å². The zero-order valence-electron chi connectivity index (χ0n) is 11.2. The number of aliphatic hydroxyl groups excluding tert-OH is 1. The smallest absolute Gasteiger partial charge is 0.208 e. The summed E-state index contributed by atoms with van der Waals surface area (Å²) in [6, 6.07) is 0.339. The van der Waals surface area contributed by atoms with Crippen molar-refractivity contribution in [3.8, 4) is 0 Å². The Labute approximate surface area is 117 Å². The largest absolute Gasteiger partial charge is 0.396 e. The molecule has 1 aromatic heterocycles. The van der Waals surface area contributed by atoms with Gasteiger partial charge < -0.3 is 15.3 Å². The fourth-order valence-corrected chi connectivity index (χ4v) is 3.25. The molecule has 0 amide bonds. The summed E-state index contributed by atoms with van der Waals surface area (Å²) >= 11 is 3.30. The zero-order valence-corrected chi connectivity index (χ0v) is 12.9. The van der Waals surface area contributed by atoms with Gasteiger partial charge in [0.25, 0.3) is 0 Å². The molecule has 0 saturated carbocycles. The third-order valence-corrected chi connectivity index (χ3v) is 4.73. The molecule has 104 valence electrons. The van der Waals surface area contributed by atoms with Gasteiger partial charge in [-0.2, -0.15) is 0 Å². The van der Waals surface area contributed by atoms with E-state index in [9.17, 15) is 0 Å². The van der Waals surface area contributed by atoms with E-state index in [-0.39, 0.29) is 6.61 Å². The van der Waals surface area contributed by atoms with E-state index in [1.807, 2.05) is 19.0 Å². The quantitative estimate of drug-likeness (QED) is 0.671. The van der Waals surface area contributed by atoms with Gasteiger partial charge in [-0.1, -0.05) is 30.0 Å². The van der Waals surface area contributed by atoms with Crippen molar-refractivity contribution in [3.05, 3.63) is 0 Å². The van der Waals surface area contributed by atoms with Gasteiger partial charge in [0.15, 0.2) is 4.34 Å². The first-order valence-corrected chi connectivity index (χ1v) is 7.95. The van der Waals surface area contributed by atoms with Crippen LogP contribution in [0, 0.1) is 0 Å². The molecule has 0 aromatic carbocycles. The molecule has 0 saturated heterocycles. The maximum atomic E-state index is 9.03. The van der Waals surface area contributed by atoms with E-state index in [0.29, 0.717) is 6.04 Å². The van der Waals surface area contributed by atoms with Gasteiger partial charge in [-0.25, -0.2) is 0 Å². The number of nitrogens with zero attached hydrogens (tertiary/aromatic N) is 3. The van der Waals surface area contributed by atoms with Crippen molar-refractivity contribution in [2.75, 3.05) is 37.9 Å². The number of hydrogen-bond acceptors (Lipinski definition) is 7. The third kappa shape index (κ3) is 5.51. The number of hydrogen-bond donors (Lipinski definition) is 2. The molecule has 0 aliphatic carbocycles. The van der Waals surface area contributed by atoms with Gasteiger partial charge >= 0.3 is 0 Å².